The maximum absolute atomic E-state index is 13.0. The van der Waals surface area contributed by atoms with Crippen LogP contribution in [-0.2, 0) is 6.61 Å². The number of benzene rings is 3. The highest BCUT2D eigenvalue weighted by molar-refractivity contribution is 6.30. The average Bonchev–Trinajstić information content (AvgIpc) is 2.74. The zero-order valence-corrected chi connectivity index (χ0v) is 15.6. The van der Waals surface area contributed by atoms with Crippen LogP contribution in [0.4, 0.5) is 0 Å². The van der Waals surface area contributed by atoms with E-state index in [2.05, 4.69) is 10.1 Å². The number of hydrogen-bond donors (Lipinski definition) is 0. The van der Waals surface area contributed by atoms with Crippen LogP contribution in [0.25, 0.3) is 10.9 Å². The molecule has 6 heteroatoms. The molecule has 1 heterocycles. The van der Waals surface area contributed by atoms with Gasteiger partial charge in [-0.3, -0.25) is 4.79 Å². The highest BCUT2D eigenvalue weighted by atomic mass is 35.5. The summed E-state index contributed by atoms with van der Waals surface area (Å²) in [5, 5.41) is 5.50. The fourth-order valence-electron chi connectivity index (χ4n) is 2.72. The van der Waals surface area contributed by atoms with E-state index in [1.807, 2.05) is 36.4 Å². The number of nitrogens with zero attached hydrogens (tertiary/aromatic N) is 3. The van der Waals surface area contributed by atoms with Gasteiger partial charge in [-0.15, -0.1) is 0 Å². The van der Waals surface area contributed by atoms with E-state index in [0.29, 0.717) is 27.5 Å². The Morgan fingerprint density at radius 3 is 2.46 bits per heavy atom. The summed E-state index contributed by atoms with van der Waals surface area (Å²) >= 11 is 5.91. The Kier molecular flexibility index (Phi) is 5.17. The molecule has 0 bridgehead atoms. The Balaban J connectivity index is 1.73. The number of fused-ring (bicyclic) bond motifs is 1. The third-order valence-corrected chi connectivity index (χ3v) is 4.38. The van der Waals surface area contributed by atoms with Crippen LogP contribution in [0.3, 0.4) is 0 Å². The van der Waals surface area contributed by atoms with Gasteiger partial charge in [0.15, 0.2) is 5.82 Å². The number of halogens is 1. The summed E-state index contributed by atoms with van der Waals surface area (Å²) in [6, 6.07) is 23.8. The number of para-hydroxylation sites is 1. The van der Waals surface area contributed by atoms with E-state index in [1.165, 1.54) is 4.68 Å². The standard InChI is InChI=1S/C22H16ClN3O2/c23-17-10-12-18(13-11-17)28-15-21-25-20-9-5-4-8-19(20)22(27)26(21)24-14-16-6-2-1-3-7-16/h1-14H,15H2. The zero-order chi connectivity index (χ0) is 19.3. The lowest BCUT2D eigenvalue weighted by Gasteiger charge is -2.10. The molecule has 0 aliphatic heterocycles. The third-order valence-electron chi connectivity index (χ3n) is 4.12. The van der Waals surface area contributed by atoms with Gasteiger partial charge >= 0.3 is 0 Å². The molecule has 138 valence electrons. The van der Waals surface area contributed by atoms with Gasteiger partial charge < -0.3 is 4.74 Å². The van der Waals surface area contributed by atoms with E-state index < -0.39 is 0 Å². The molecule has 0 fully saturated rings. The summed E-state index contributed by atoms with van der Waals surface area (Å²) in [6.07, 6.45) is 1.63. The summed E-state index contributed by atoms with van der Waals surface area (Å²) in [5.41, 5.74) is 1.24. The molecule has 28 heavy (non-hydrogen) atoms. The van der Waals surface area contributed by atoms with Crippen molar-refractivity contribution in [2.24, 2.45) is 5.10 Å². The SMILES string of the molecule is O=c1c2ccccc2nc(COc2ccc(Cl)cc2)n1N=Cc1ccccc1. The first kappa shape index (κ1) is 17.9. The molecule has 0 atom stereocenters. The maximum Gasteiger partial charge on any atom is 0.282 e. The lowest BCUT2D eigenvalue weighted by Crippen LogP contribution is -2.23. The molecule has 0 radical (unpaired) electrons. The van der Waals surface area contributed by atoms with Crippen molar-refractivity contribution in [1.29, 1.82) is 0 Å². The first-order valence-electron chi connectivity index (χ1n) is 8.69. The minimum atomic E-state index is -0.243. The van der Waals surface area contributed by atoms with Gasteiger partial charge in [0.1, 0.15) is 12.4 Å². The first-order chi connectivity index (χ1) is 13.7. The molecule has 1 aromatic heterocycles. The van der Waals surface area contributed by atoms with Gasteiger partial charge in [-0.25, -0.2) is 4.98 Å². The number of ether oxygens (including phenoxy) is 1. The second kappa shape index (κ2) is 8.06. The molecule has 0 saturated carbocycles. The molecule has 0 N–H and O–H groups in total. The number of rotatable bonds is 5. The van der Waals surface area contributed by atoms with Gasteiger partial charge in [0.25, 0.3) is 5.56 Å². The topological polar surface area (TPSA) is 56.5 Å². The van der Waals surface area contributed by atoms with Gasteiger partial charge in [0, 0.05) is 5.02 Å². The largest absolute Gasteiger partial charge is 0.486 e. The van der Waals surface area contributed by atoms with Gasteiger partial charge in [-0.1, -0.05) is 54.1 Å². The molecular weight excluding hydrogens is 374 g/mol. The maximum atomic E-state index is 13.0. The summed E-state index contributed by atoms with van der Waals surface area (Å²) in [5.74, 6) is 1.04. The summed E-state index contributed by atoms with van der Waals surface area (Å²) in [6.45, 7) is 0.0911. The minimum Gasteiger partial charge on any atom is -0.486 e. The second-order valence-corrected chi connectivity index (χ2v) is 6.50. The Hall–Kier alpha value is -3.44. The van der Waals surface area contributed by atoms with Crippen LogP contribution in [0.2, 0.25) is 5.02 Å². The lowest BCUT2D eigenvalue weighted by molar-refractivity contribution is 0.289. The van der Waals surface area contributed by atoms with Gasteiger partial charge in [0.2, 0.25) is 0 Å². The number of aromatic nitrogens is 2. The molecule has 0 unspecified atom stereocenters. The van der Waals surface area contributed by atoms with Crippen LogP contribution in [-0.4, -0.2) is 15.9 Å². The van der Waals surface area contributed by atoms with Gasteiger partial charge in [-0.05, 0) is 42.0 Å². The van der Waals surface area contributed by atoms with Crippen molar-refractivity contribution in [3.8, 4) is 5.75 Å². The molecule has 4 rings (SSSR count). The molecule has 0 saturated heterocycles. The molecule has 0 aliphatic carbocycles. The van der Waals surface area contributed by atoms with Crippen molar-refractivity contribution in [3.05, 3.63) is 106 Å². The summed E-state index contributed by atoms with van der Waals surface area (Å²) < 4.78 is 7.07. The van der Waals surface area contributed by atoms with Crippen molar-refractivity contribution in [3.63, 3.8) is 0 Å². The van der Waals surface area contributed by atoms with Crippen molar-refractivity contribution >= 4 is 28.7 Å². The smallest absolute Gasteiger partial charge is 0.282 e. The van der Waals surface area contributed by atoms with Crippen LogP contribution in [0.1, 0.15) is 11.4 Å². The van der Waals surface area contributed by atoms with Crippen LogP contribution >= 0.6 is 11.6 Å². The Bertz CT molecular complexity index is 1190. The van der Waals surface area contributed by atoms with Crippen molar-refractivity contribution < 1.29 is 4.74 Å². The minimum absolute atomic E-state index is 0.0911. The van der Waals surface area contributed by atoms with Gasteiger partial charge in [0.05, 0.1) is 17.1 Å². The summed E-state index contributed by atoms with van der Waals surface area (Å²) in [7, 11) is 0. The van der Waals surface area contributed by atoms with Crippen molar-refractivity contribution in [2.75, 3.05) is 0 Å². The average molecular weight is 390 g/mol. The zero-order valence-electron chi connectivity index (χ0n) is 14.8. The monoisotopic (exact) mass is 389 g/mol. The fourth-order valence-corrected chi connectivity index (χ4v) is 2.85. The summed E-state index contributed by atoms with van der Waals surface area (Å²) in [4.78, 5) is 17.5. The predicted molar refractivity (Wildman–Crippen MR) is 111 cm³/mol. The van der Waals surface area contributed by atoms with Crippen molar-refractivity contribution in [1.82, 2.24) is 9.66 Å². The van der Waals surface area contributed by atoms with E-state index in [-0.39, 0.29) is 12.2 Å². The Labute approximate surface area is 166 Å². The van der Waals surface area contributed by atoms with E-state index in [0.717, 1.165) is 5.56 Å². The van der Waals surface area contributed by atoms with Crippen molar-refractivity contribution in [2.45, 2.75) is 6.61 Å². The Morgan fingerprint density at radius 2 is 1.68 bits per heavy atom. The first-order valence-corrected chi connectivity index (χ1v) is 9.07. The molecule has 4 aromatic rings. The van der Waals surface area contributed by atoms with E-state index in [1.54, 1.807) is 48.7 Å². The molecule has 0 amide bonds. The van der Waals surface area contributed by atoms with E-state index >= 15 is 0 Å². The van der Waals surface area contributed by atoms with Crippen LogP contribution in [0, 0.1) is 0 Å². The van der Waals surface area contributed by atoms with Gasteiger partial charge in [-0.2, -0.15) is 9.78 Å². The predicted octanol–water partition coefficient (Wildman–Crippen LogP) is 4.51. The van der Waals surface area contributed by atoms with E-state index in [9.17, 15) is 4.79 Å². The molecular formula is C22H16ClN3O2. The molecule has 0 aliphatic rings. The number of hydrogen-bond acceptors (Lipinski definition) is 4. The van der Waals surface area contributed by atoms with Crippen LogP contribution in [0.15, 0.2) is 88.8 Å². The van der Waals surface area contributed by atoms with E-state index in [4.69, 9.17) is 16.3 Å². The van der Waals surface area contributed by atoms with Crippen LogP contribution < -0.4 is 10.3 Å². The highest BCUT2D eigenvalue weighted by Crippen LogP contribution is 2.17. The Morgan fingerprint density at radius 1 is 0.964 bits per heavy atom. The highest BCUT2D eigenvalue weighted by Gasteiger charge is 2.11. The lowest BCUT2D eigenvalue weighted by atomic mass is 10.2. The molecule has 5 nitrogen and oxygen atoms in total. The molecule has 0 spiro atoms. The molecule has 3 aromatic carbocycles. The third kappa shape index (κ3) is 3.94. The fraction of sp³-hybridized carbons (Fsp3) is 0.0455. The quantitative estimate of drug-likeness (QED) is 0.472. The normalized spacial score (nSPS) is 11.2. The van der Waals surface area contributed by atoms with Crippen LogP contribution in [0.5, 0.6) is 5.75 Å². The second-order valence-electron chi connectivity index (χ2n) is 6.06.